The Labute approximate surface area is 131 Å². The maximum Gasteiger partial charge on any atom is 0.269 e. The molecule has 1 N–H and O–H groups in total. The van der Waals surface area contributed by atoms with Gasteiger partial charge in [0.2, 0.25) is 0 Å². The van der Waals surface area contributed by atoms with Crippen LogP contribution in [0.1, 0.15) is 10.4 Å². The molecule has 0 atom stereocenters. The van der Waals surface area contributed by atoms with Crippen LogP contribution in [0.15, 0.2) is 48.7 Å². The summed E-state index contributed by atoms with van der Waals surface area (Å²) in [4.78, 5) is 31.1. The zero-order valence-electron chi connectivity index (χ0n) is 12.2. The van der Waals surface area contributed by atoms with Gasteiger partial charge in [-0.15, -0.1) is 0 Å². The fourth-order valence-electron chi connectivity index (χ4n) is 2.27. The third-order valence-corrected chi connectivity index (χ3v) is 3.41. The molecule has 2 heterocycles. The molecule has 0 aliphatic heterocycles. The van der Waals surface area contributed by atoms with E-state index >= 15 is 0 Å². The van der Waals surface area contributed by atoms with Gasteiger partial charge in [-0.1, -0.05) is 0 Å². The molecule has 0 saturated carbocycles. The molecule has 0 spiro atoms. The summed E-state index contributed by atoms with van der Waals surface area (Å²) >= 11 is 0. The van der Waals surface area contributed by atoms with Gasteiger partial charge in [-0.25, -0.2) is 4.98 Å². The number of hydrogen-bond donors (Lipinski definition) is 1. The summed E-state index contributed by atoms with van der Waals surface area (Å²) in [6.07, 6.45) is 1.60. The zero-order chi connectivity index (χ0) is 16.4. The Balaban J connectivity index is 2.17. The summed E-state index contributed by atoms with van der Waals surface area (Å²) in [5.41, 5.74) is 2.75. The number of non-ortho nitro benzene ring substituents is 1. The van der Waals surface area contributed by atoms with E-state index in [0.29, 0.717) is 27.9 Å². The van der Waals surface area contributed by atoms with Gasteiger partial charge in [0.15, 0.2) is 0 Å². The van der Waals surface area contributed by atoms with E-state index in [1.807, 2.05) is 0 Å². The van der Waals surface area contributed by atoms with Crippen molar-refractivity contribution in [1.82, 2.24) is 15.3 Å². The predicted octanol–water partition coefficient (Wildman–Crippen LogP) is 2.56. The van der Waals surface area contributed by atoms with Crippen LogP contribution in [-0.4, -0.2) is 27.8 Å². The second-order valence-electron chi connectivity index (χ2n) is 4.81. The van der Waals surface area contributed by atoms with Crippen LogP contribution in [0.2, 0.25) is 0 Å². The normalized spacial score (nSPS) is 10.5. The minimum Gasteiger partial charge on any atom is -0.355 e. The fraction of sp³-hybridized carbons (Fsp3) is 0.0625. The molecule has 3 aromatic rings. The smallest absolute Gasteiger partial charge is 0.269 e. The molecule has 0 aliphatic carbocycles. The maximum atomic E-state index is 12.1. The first-order chi connectivity index (χ1) is 11.1. The van der Waals surface area contributed by atoms with Crippen LogP contribution >= 0.6 is 0 Å². The lowest BCUT2D eigenvalue weighted by Crippen LogP contribution is -2.18. The Morgan fingerprint density at radius 3 is 2.61 bits per heavy atom. The number of benzene rings is 1. The summed E-state index contributed by atoms with van der Waals surface area (Å²) in [6.45, 7) is 0. The van der Waals surface area contributed by atoms with Crippen molar-refractivity contribution in [2.24, 2.45) is 0 Å². The van der Waals surface area contributed by atoms with Gasteiger partial charge in [-0.3, -0.25) is 19.9 Å². The highest BCUT2D eigenvalue weighted by Gasteiger charge is 2.14. The Kier molecular flexibility index (Phi) is 3.68. The van der Waals surface area contributed by atoms with Crippen molar-refractivity contribution < 1.29 is 9.72 Å². The SMILES string of the molecule is CNC(=O)c1cc(-c2ccc([N+](=O)[O-])cc2)nc2cccnc12. The summed E-state index contributed by atoms with van der Waals surface area (Å²) in [5, 5.41) is 13.3. The van der Waals surface area contributed by atoms with Crippen LogP contribution < -0.4 is 5.32 Å². The van der Waals surface area contributed by atoms with Crippen molar-refractivity contribution in [3.63, 3.8) is 0 Å². The highest BCUT2D eigenvalue weighted by Crippen LogP contribution is 2.25. The highest BCUT2D eigenvalue weighted by atomic mass is 16.6. The van der Waals surface area contributed by atoms with Gasteiger partial charge in [-0.05, 0) is 30.3 Å². The second-order valence-corrected chi connectivity index (χ2v) is 4.81. The maximum absolute atomic E-state index is 12.1. The van der Waals surface area contributed by atoms with Crippen LogP contribution in [0.4, 0.5) is 5.69 Å². The molecule has 3 rings (SSSR count). The second kappa shape index (κ2) is 5.80. The standard InChI is InChI=1S/C16H12N4O3/c1-17-16(21)12-9-14(19-13-3-2-8-18-15(12)13)10-4-6-11(7-5-10)20(22)23/h2-9H,1H3,(H,17,21). The molecule has 7 nitrogen and oxygen atoms in total. The van der Waals surface area contributed by atoms with Crippen LogP contribution in [0.3, 0.4) is 0 Å². The van der Waals surface area contributed by atoms with Crippen LogP contribution in [-0.2, 0) is 0 Å². The molecule has 0 bridgehead atoms. The van der Waals surface area contributed by atoms with Crippen molar-refractivity contribution >= 4 is 22.6 Å². The molecule has 1 amide bonds. The number of hydrogen-bond acceptors (Lipinski definition) is 5. The van der Waals surface area contributed by atoms with E-state index in [1.165, 1.54) is 12.1 Å². The molecule has 0 unspecified atom stereocenters. The average Bonchev–Trinajstić information content (AvgIpc) is 2.60. The quantitative estimate of drug-likeness (QED) is 0.592. The van der Waals surface area contributed by atoms with Gasteiger partial charge in [0, 0.05) is 30.9 Å². The number of fused-ring (bicyclic) bond motifs is 1. The third-order valence-electron chi connectivity index (χ3n) is 3.41. The van der Waals surface area contributed by atoms with Gasteiger partial charge in [0.05, 0.1) is 21.7 Å². The zero-order valence-corrected chi connectivity index (χ0v) is 12.2. The van der Waals surface area contributed by atoms with Crippen molar-refractivity contribution in [2.75, 3.05) is 7.05 Å². The number of nitro groups is 1. The van der Waals surface area contributed by atoms with Gasteiger partial charge < -0.3 is 5.32 Å². The molecule has 114 valence electrons. The Bertz CT molecular complexity index is 907. The van der Waals surface area contributed by atoms with Gasteiger partial charge >= 0.3 is 0 Å². The Morgan fingerprint density at radius 2 is 1.96 bits per heavy atom. The summed E-state index contributed by atoms with van der Waals surface area (Å²) in [6, 6.07) is 11.2. The minimum absolute atomic E-state index is 0.00253. The van der Waals surface area contributed by atoms with E-state index in [9.17, 15) is 14.9 Å². The van der Waals surface area contributed by atoms with E-state index in [2.05, 4.69) is 15.3 Å². The van der Waals surface area contributed by atoms with Crippen LogP contribution in [0.25, 0.3) is 22.3 Å². The summed E-state index contributed by atoms with van der Waals surface area (Å²) < 4.78 is 0. The molecule has 2 aromatic heterocycles. The minimum atomic E-state index is -0.461. The number of amides is 1. The van der Waals surface area contributed by atoms with E-state index < -0.39 is 4.92 Å². The van der Waals surface area contributed by atoms with E-state index in [-0.39, 0.29) is 11.6 Å². The number of nitrogens with zero attached hydrogens (tertiary/aromatic N) is 3. The Morgan fingerprint density at radius 1 is 1.22 bits per heavy atom. The van der Waals surface area contributed by atoms with Crippen molar-refractivity contribution in [2.45, 2.75) is 0 Å². The number of nitrogens with one attached hydrogen (secondary N) is 1. The molecule has 0 aliphatic rings. The largest absolute Gasteiger partial charge is 0.355 e. The first-order valence-electron chi connectivity index (χ1n) is 6.83. The van der Waals surface area contributed by atoms with Gasteiger partial charge in [0.1, 0.15) is 5.52 Å². The predicted molar refractivity (Wildman–Crippen MR) is 85.0 cm³/mol. The summed E-state index contributed by atoms with van der Waals surface area (Å²) in [5.74, 6) is -0.265. The number of rotatable bonds is 3. The third kappa shape index (κ3) is 2.71. The number of nitro benzene ring substituents is 1. The van der Waals surface area contributed by atoms with E-state index in [0.717, 1.165) is 0 Å². The molecule has 1 aromatic carbocycles. The van der Waals surface area contributed by atoms with E-state index in [4.69, 9.17) is 0 Å². The molecular weight excluding hydrogens is 296 g/mol. The van der Waals surface area contributed by atoms with Crippen molar-refractivity contribution in [3.05, 3.63) is 64.3 Å². The van der Waals surface area contributed by atoms with E-state index in [1.54, 1.807) is 43.6 Å². The monoisotopic (exact) mass is 308 g/mol. The number of carbonyl (C=O) groups excluding carboxylic acids is 1. The van der Waals surface area contributed by atoms with Crippen molar-refractivity contribution in [1.29, 1.82) is 0 Å². The van der Waals surface area contributed by atoms with Gasteiger partial charge in [0.25, 0.3) is 11.6 Å². The first kappa shape index (κ1) is 14.6. The van der Waals surface area contributed by atoms with Crippen LogP contribution in [0, 0.1) is 10.1 Å². The number of pyridine rings is 2. The first-order valence-corrected chi connectivity index (χ1v) is 6.83. The Hall–Kier alpha value is -3.35. The molecule has 23 heavy (non-hydrogen) atoms. The lowest BCUT2D eigenvalue weighted by atomic mass is 10.1. The molecular formula is C16H12N4O3. The lowest BCUT2D eigenvalue weighted by molar-refractivity contribution is -0.384. The average molecular weight is 308 g/mol. The highest BCUT2D eigenvalue weighted by molar-refractivity contribution is 6.05. The fourth-order valence-corrected chi connectivity index (χ4v) is 2.27. The topological polar surface area (TPSA) is 98.0 Å². The molecule has 0 radical (unpaired) electrons. The lowest BCUT2D eigenvalue weighted by Gasteiger charge is -2.08. The number of aromatic nitrogens is 2. The van der Waals surface area contributed by atoms with Gasteiger partial charge in [-0.2, -0.15) is 0 Å². The van der Waals surface area contributed by atoms with Crippen molar-refractivity contribution in [3.8, 4) is 11.3 Å². The van der Waals surface area contributed by atoms with Crippen LogP contribution in [0.5, 0.6) is 0 Å². The molecule has 0 fully saturated rings. The molecule has 7 heteroatoms. The summed E-state index contributed by atoms with van der Waals surface area (Å²) in [7, 11) is 1.54. The number of carbonyl (C=O) groups is 1. The molecule has 0 saturated heterocycles.